The molecule has 0 aliphatic carbocycles. The summed E-state index contributed by atoms with van der Waals surface area (Å²) in [5.41, 5.74) is 3.17. The number of carbonyl (C=O) groups is 1. The molecule has 2 aromatic carbocycles. The van der Waals surface area contributed by atoms with Gasteiger partial charge in [-0.05, 0) is 88.4 Å². The van der Waals surface area contributed by atoms with Gasteiger partial charge in [-0.3, -0.25) is 9.69 Å². The Morgan fingerprint density at radius 1 is 1.06 bits per heavy atom. The average molecular weight is 494 g/mol. The van der Waals surface area contributed by atoms with Crippen LogP contribution in [-0.2, 0) is 14.6 Å². The summed E-state index contributed by atoms with van der Waals surface area (Å²) in [4.78, 5) is 21.7. The maximum absolute atomic E-state index is 13.2. The van der Waals surface area contributed by atoms with Gasteiger partial charge < -0.3 is 4.90 Å². The van der Waals surface area contributed by atoms with Gasteiger partial charge in [-0.15, -0.1) is 0 Å². The number of nitrogens with zero attached hydrogens (tertiary/aromatic N) is 3. The Balaban J connectivity index is 1.81. The van der Waals surface area contributed by atoms with Crippen molar-refractivity contribution < 1.29 is 13.2 Å². The predicted molar refractivity (Wildman–Crippen MR) is 133 cm³/mol. The summed E-state index contributed by atoms with van der Waals surface area (Å²) in [7, 11) is 0.372. The largest absolute Gasteiger partial charge is 0.309 e. The summed E-state index contributed by atoms with van der Waals surface area (Å²) < 4.78 is 26.4. The van der Waals surface area contributed by atoms with E-state index in [4.69, 9.17) is 16.6 Å². The zero-order valence-corrected chi connectivity index (χ0v) is 21.1. The molecule has 3 rings (SSSR count). The van der Waals surface area contributed by atoms with Crippen molar-refractivity contribution >= 4 is 54.0 Å². The number of sulfone groups is 1. The molecule has 1 aromatic heterocycles. The number of anilines is 1. The first-order valence-electron chi connectivity index (χ1n) is 10.4. The highest BCUT2D eigenvalue weighted by molar-refractivity contribution is 7.91. The fraction of sp³-hybridized carbons (Fsp3) is 0.391. The quantitative estimate of drug-likeness (QED) is 0.431. The molecule has 1 heterocycles. The maximum Gasteiger partial charge on any atom is 0.229 e. The van der Waals surface area contributed by atoms with Gasteiger partial charge in [0.25, 0.3) is 0 Å². The Morgan fingerprint density at radius 2 is 1.72 bits per heavy atom. The number of hydrogen-bond donors (Lipinski definition) is 0. The molecule has 9 heteroatoms. The molecule has 172 valence electrons. The molecule has 0 bridgehead atoms. The molecule has 0 N–H and O–H groups in total. The van der Waals surface area contributed by atoms with Crippen LogP contribution in [0.25, 0.3) is 10.2 Å². The van der Waals surface area contributed by atoms with Gasteiger partial charge >= 0.3 is 0 Å². The van der Waals surface area contributed by atoms with Gasteiger partial charge in [0.15, 0.2) is 15.0 Å². The number of rotatable bonds is 9. The number of aryl methyl sites for hydroxylation is 2. The van der Waals surface area contributed by atoms with Crippen LogP contribution in [0.3, 0.4) is 0 Å². The highest BCUT2D eigenvalue weighted by atomic mass is 35.5. The summed E-state index contributed by atoms with van der Waals surface area (Å²) in [6.07, 6.45) is 0.650. The number of benzene rings is 2. The molecular weight excluding hydrogens is 466 g/mol. The molecule has 3 aromatic rings. The van der Waals surface area contributed by atoms with Crippen molar-refractivity contribution in [3.8, 4) is 0 Å². The molecule has 0 fully saturated rings. The Bertz CT molecular complexity index is 1170. The zero-order chi connectivity index (χ0) is 23.5. The van der Waals surface area contributed by atoms with Crippen molar-refractivity contribution in [3.05, 3.63) is 52.5 Å². The van der Waals surface area contributed by atoms with Crippen LogP contribution in [0, 0.1) is 13.8 Å². The summed E-state index contributed by atoms with van der Waals surface area (Å²) in [5, 5.41) is 1.08. The average Bonchev–Trinajstić information content (AvgIpc) is 3.12. The van der Waals surface area contributed by atoms with Crippen molar-refractivity contribution in [1.29, 1.82) is 0 Å². The molecular formula is C23H28ClN3O3S2. The Kier molecular flexibility index (Phi) is 7.92. The van der Waals surface area contributed by atoms with Gasteiger partial charge in [-0.1, -0.05) is 22.9 Å². The van der Waals surface area contributed by atoms with Gasteiger partial charge in [0, 0.05) is 18.0 Å². The van der Waals surface area contributed by atoms with E-state index >= 15 is 0 Å². The molecule has 0 unspecified atom stereocenters. The lowest BCUT2D eigenvalue weighted by Crippen LogP contribution is -2.34. The first-order valence-corrected chi connectivity index (χ1v) is 13.2. The van der Waals surface area contributed by atoms with E-state index in [9.17, 15) is 13.2 Å². The van der Waals surface area contributed by atoms with Crippen molar-refractivity contribution in [2.45, 2.75) is 31.6 Å². The van der Waals surface area contributed by atoms with Crippen LogP contribution in [0.5, 0.6) is 0 Å². The number of thiazole rings is 1. The van der Waals surface area contributed by atoms with E-state index in [2.05, 4.69) is 17.9 Å². The molecule has 0 saturated carbocycles. The predicted octanol–water partition coefficient (Wildman–Crippen LogP) is 4.72. The van der Waals surface area contributed by atoms with E-state index in [0.717, 1.165) is 28.7 Å². The molecule has 0 radical (unpaired) electrons. The lowest BCUT2D eigenvalue weighted by Gasteiger charge is -2.21. The molecule has 0 atom stereocenters. The highest BCUT2D eigenvalue weighted by Gasteiger charge is 2.23. The van der Waals surface area contributed by atoms with E-state index in [1.165, 1.54) is 41.2 Å². The minimum atomic E-state index is -3.59. The van der Waals surface area contributed by atoms with Crippen LogP contribution >= 0.6 is 22.9 Å². The lowest BCUT2D eigenvalue weighted by atomic mass is 10.1. The third-order valence-corrected chi connectivity index (χ3v) is 8.29. The van der Waals surface area contributed by atoms with Crippen LogP contribution in [0.2, 0.25) is 5.02 Å². The van der Waals surface area contributed by atoms with E-state index < -0.39 is 9.84 Å². The lowest BCUT2D eigenvalue weighted by molar-refractivity contribution is -0.118. The fourth-order valence-electron chi connectivity index (χ4n) is 3.27. The monoisotopic (exact) mass is 493 g/mol. The molecule has 6 nitrogen and oxygen atoms in total. The third kappa shape index (κ3) is 6.07. The van der Waals surface area contributed by atoms with E-state index in [0.29, 0.717) is 16.7 Å². The Labute approximate surface area is 198 Å². The minimum Gasteiger partial charge on any atom is -0.309 e. The second kappa shape index (κ2) is 10.3. The van der Waals surface area contributed by atoms with Crippen molar-refractivity contribution in [3.63, 3.8) is 0 Å². The van der Waals surface area contributed by atoms with Crippen LogP contribution in [0.15, 0.2) is 41.3 Å². The van der Waals surface area contributed by atoms with E-state index in [1.54, 1.807) is 4.90 Å². The third-order valence-electron chi connectivity index (χ3n) is 5.27. The molecule has 32 heavy (non-hydrogen) atoms. The summed E-state index contributed by atoms with van der Waals surface area (Å²) >= 11 is 7.32. The summed E-state index contributed by atoms with van der Waals surface area (Å²) in [6, 6.07) is 10.1. The number of halogens is 1. The van der Waals surface area contributed by atoms with E-state index in [-0.39, 0.29) is 23.0 Å². The normalized spacial score (nSPS) is 11.9. The molecule has 0 saturated heterocycles. The Hall–Kier alpha value is -2.00. The number of fused-ring (bicyclic) bond motifs is 1. The number of aromatic nitrogens is 1. The van der Waals surface area contributed by atoms with Crippen molar-refractivity contribution in [2.75, 3.05) is 37.8 Å². The van der Waals surface area contributed by atoms with E-state index in [1.807, 2.05) is 27.1 Å². The topological polar surface area (TPSA) is 70.6 Å². The smallest absolute Gasteiger partial charge is 0.229 e. The second-order valence-electron chi connectivity index (χ2n) is 8.13. The SMILES string of the molecule is Cc1cc2nc(N(CCCN(C)C)C(=O)CCS(=O)(=O)c3ccc(Cl)cc3)sc2cc1C. The number of amides is 1. The highest BCUT2D eigenvalue weighted by Crippen LogP contribution is 2.31. The molecule has 0 spiro atoms. The summed E-state index contributed by atoms with van der Waals surface area (Å²) in [6.45, 7) is 5.39. The van der Waals surface area contributed by atoms with Gasteiger partial charge in [-0.2, -0.15) is 0 Å². The van der Waals surface area contributed by atoms with Crippen LogP contribution < -0.4 is 4.90 Å². The van der Waals surface area contributed by atoms with Crippen LogP contribution in [-0.4, -0.2) is 57.1 Å². The van der Waals surface area contributed by atoms with Crippen molar-refractivity contribution in [1.82, 2.24) is 9.88 Å². The number of hydrogen-bond acceptors (Lipinski definition) is 6. The van der Waals surface area contributed by atoms with Crippen molar-refractivity contribution in [2.24, 2.45) is 0 Å². The molecule has 0 aliphatic heterocycles. The molecule has 1 amide bonds. The zero-order valence-electron chi connectivity index (χ0n) is 18.8. The number of carbonyl (C=O) groups excluding carboxylic acids is 1. The van der Waals surface area contributed by atoms with Crippen LogP contribution in [0.1, 0.15) is 24.0 Å². The molecule has 0 aliphatic rings. The summed E-state index contributed by atoms with van der Waals surface area (Å²) in [5.74, 6) is -0.505. The van der Waals surface area contributed by atoms with Crippen LogP contribution in [0.4, 0.5) is 5.13 Å². The van der Waals surface area contributed by atoms with Gasteiger partial charge in [0.1, 0.15) is 0 Å². The van der Waals surface area contributed by atoms with Gasteiger partial charge in [0.05, 0.1) is 20.9 Å². The first-order chi connectivity index (χ1) is 15.1. The first kappa shape index (κ1) is 24.6. The fourth-order valence-corrected chi connectivity index (χ4v) is 5.72. The standard InChI is InChI=1S/C23H28ClN3O3S2/c1-16-14-20-21(15-17(16)2)31-23(25-20)27(12-5-11-26(3)4)22(28)10-13-32(29,30)19-8-6-18(24)7-9-19/h6-9,14-15H,5,10-13H2,1-4H3. The minimum absolute atomic E-state index is 0.110. The van der Waals surface area contributed by atoms with Gasteiger partial charge in [0.2, 0.25) is 5.91 Å². The maximum atomic E-state index is 13.2. The second-order valence-corrected chi connectivity index (χ2v) is 11.7. The van der Waals surface area contributed by atoms with Gasteiger partial charge in [-0.25, -0.2) is 13.4 Å². The Morgan fingerprint density at radius 3 is 2.38 bits per heavy atom.